The van der Waals surface area contributed by atoms with E-state index in [1.165, 1.54) is 371 Å². The van der Waals surface area contributed by atoms with Crippen LogP contribution in [0.1, 0.15) is 354 Å². The predicted molar refractivity (Wildman–Crippen MR) is 586 cm³/mol. The molecular weight excluding hydrogens is 1660 g/mol. The van der Waals surface area contributed by atoms with Gasteiger partial charge in [-0.3, -0.25) is 0 Å². The van der Waals surface area contributed by atoms with Gasteiger partial charge in [-0.15, -0.1) is 0 Å². The first kappa shape index (κ1) is 99.3. The van der Waals surface area contributed by atoms with Crippen molar-refractivity contribution in [3.05, 3.63) is 323 Å². The standard InChI is InChI=1S/C28H36N.C27H34N.2C26H32N.C25H30N/c1-6-21-16-22(7-2)20(4)27(17-21)28-26-14-13-24(23-11-9-8-10-12-23)18-25(26)15-19(3)29(28)5;1-18(2)22-12-11-19(3)26(17-22)27-25-14-13-23(21-9-7-6-8-10-21)16-24(25)15-20(4)28(27)5;1-17-13-18(2)20(4)25(14-17)26-24-12-11-22(21-9-7-6-8-10-21)16-23(24)15-19(3)27(26)5;1-5-20-12-11-18(2)25(16-20)26-24-14-13-22(21-9-7-6-8-10-21)17-23(24)15-19(3)27(26)4;1-17-10-11-18(2)24(14-17)25-23-13-12-21(20-8-6-5-7-9-20)16-22(23)15-19(3)26(25)4/h13-18,23H,6-12H2,1-5H3;11-18,21H,6-10H2,1-5H3;11-16,21H,6-10H2,1-5H3;11-17,21H,5-10H2,1-4H3;10-16,20H,5-9H2,1-4H3/q5*+1. The maximum Gasteiger partial charge on any atom is 0.220 e. The van der Waals surface area contributed by atoms with Crippen LogP contribution < -0.4 is 22.8 Å². The highest BCUT2D eigenvalue weighted by Gasteiger charge is 2.31. The number of hydrogen-bond acceptors (Lipinski definition) is 0. The summed E-state index contributed by atoms with van der Waals surface area (Å²) in [7, 11) is 11.0. The highest BCUT2D eigenvalue weighted by Crippen LogP contribution is 2.45. The molecule has 5 aliphatic rings. The van der Waals surface area contributed by atoms with Crippen molar-refractivity contribution >= 4 is 53.9 Å². The normalized spacial score (nSPS) is 15.4. The van der Waals surface area contributed by atoms with Crippen molar-refractivity contribution in [1.29, 1.82) is 0 Å². The summed E-state index contributed by atoms with van der Waals surface area (Å²) < 4.78 is 11.8. The van der Waals surface area contributed by atoms with Gasteiger partial charge in [0.05, 0.1) is 38.1 Å². The smallest absolute Gasteiger partial charge is 0.198 e. The van der Waals surface area contributed by atoms with Crippen LogP contribution in [0.15, 0.2) is 200 Å². The molecule has 0 bridgehead atoms. The van der Waals surface area contributed by atoms with Crippen molar-refractivity contribution in [2.24, 2.45) is 35.2 Å². The van der Waals surface area contributed by atoms with Crippen LogP contribution in [-0.2, 0) is 54.5 Å². The zero-order valence-corrected chi connectivity index (χ0v) is 88.6. The monoisotopic (exact) mass is 1820 g/mol. The van der Waals surface area contributed by atoms with E-state index in [0.29, 0.717) is 5.92 Å². The second-order valence-electron chi connectivity index (χ2n) is 43.3. The van der Waals surface area contributed by atoms with Gasteiger partial charge in [0.25, 0.3) is 0 Å². The molecule has 0 radical (unpaired) electrons. The molecule has 5 fully saturated rings. The van der Waals surface area contributed by atoms with Crippen molar-refractivity contribution in [1.82, 2.24) is 0 Å². The van der Waals surface area contributed by atoms with Gasteiger partial charge >= 0.3 is 0 Å². The molecular formula is C132H164N5+5. The second-order valence-corrected chi connectivity index (χ2v) is 43.3. The Morgan fingerprint density at radius 1 is 0.234 bits per heavy atom. The first-order chi connectivity index (χ1) is 66.1. The zero-order chi connectivity index (χ0) is 96.7. The molecule has 5 saturated carbocycles. The number of pyridine rings is 5. The molecule has 712 valence electrons. The van der Waals surface area contributed by atoms with Gasteiger partial charge in [-0.25, -0.2) is 0 Å². The third-order valence-corrected chi connectivity index (χ3v) is 33.7. The first-order valence-corrected chi connectivity index (χ1v) is 53.7. The molecule has 5 nitrogen and oxygen atoms in total. The van der Waals surface area contributed by atoms with Gasteiger partial charge in [-0.1, -0.05) is 251 Å². The van der Waals surface area contributed by atoms with Gasteiger partial charge < -0.3 is 0 Å². The molecule has 0 unspecified atom stereocenters. The summed E-state index contributed by atoms with van der Waals surface area (Å²) in [6.45, 7) is 40.4. The van der Waals surface area contributed by atoms with Gasteiger partial charge in [0.2, 0.25) is 28.5 Å². The van der Waals surface area contributed by atoms with Crippen LogP contribution in [0, 0.1) is 90.0 Å². The summed E-state index contributed by atoms with van der Waals surface area (Å²) in [4.78, 5) is 0. The van der Waals surface area contributed by atoms with E-state index in [1.807, 2.05) is 0 Å². The second kappa shape index (κ2) is 44.2. The summed E-state index contributed by atoms with van der Waals surface area (Å²) >= 11 is 0. The summed E-state index contributed by atoms with van der Waals surface area (Å²) in [5.74, 6) is 4.31. The van der Waals surface area contributed by atoms with E-state index in [2.05, 4.69) is 383 Å². The molecule has 5 heterocycles. The third kappa shape index (κ3) is 21.8. The number of benzene rings is 10. The molecule has 10 aromatic carbocycles. The van der Waals surface area contributed by atoms with Gasteiger partial charge in [-0.05, 0) is 345 Å². The molecule has 15 aromatic rings. The topological polar surface area (TPSA) is 19.4 Å². The number of aromatic nitrogens is 5. The third-order valence-electron chi connectivity index (χ3n) is 33.7. The Hall–Kier alpha value is -10.8. The fourth-order valence-corrected chi connectivity index (χ4v) is 24.4. The van der Waals surface area contributed by atoms with E-state index in [4.69, 9.17) is 0 Å². The molecule has 0 atom stereocenters. The lowest BCUT2D eigenvalue weighted by molar-refractivity contribution is -0.665. The molecule has 5 aromatic heterocycles. The predicted octanol–water partition coefficient (Wildman–Crippen LogP) is 33.7. The van der Waals surface area contributed by atoms with E-state index in [0.717, 1.165) is 48.9 Å². The number of rotatable bonds is 14. The van der Waals surface area contributed by atoms with Gasteiger partial charge in [0.1, 0.15) is 35.2 Å². The molecule has 0 amide bonds. The highest BCUT2D eigenvalue weighted by atomic mass is 15.0. The molecule has 137 heavy (non-hydrogen) atoms. The lowest BCUT2D eigenvalue weighted by atomic mass is 9.83. The minimum atomic E-state index is 0.540. The van der Waals surface area contributed by atoms with Crippen LogP contribution >= 0.6 is 0 Å². The zero-order valence-electron chi connectivity index (χ0n) is 88.6. The maximum atomic E-state index is 2.49. The van der Waals surface area contributed by atoms with Crippen molar-refractivity contribution < 1.29 is 22.8 Å². The molecule has 0 saturated heterocycles. The van der Waals surface area contributed by atoms with E-state index in [9.17, 15) is 0 Å². The van der Waals surface area contributed by atoms with Crippen molar-refractivity contribution in [3.8, 4) is 56.3 Å². The Morgan fingerprint density at radius 3 is 0.825 bits per heavy atom. The van der Waals surface area contributed by atoms with E-state index >= 15 is 0 Å². The molecule has 0 spiro atoms. The van der Waals surface area contributed by atoms with Crippen LogP contribution in [0.3, 0.4) is 0 Å². The van der Waals surface area contributed by atoms with Gasteiger partial charge in [0, 0.05) is 81.6 Å². The van der Waals surface area contributed by atoms with Gasteiger partial charge in [0.15, 0.2) is 28.5 Å². The SMILES string of the molecule is CCc1cc(CC)c(C)c(-c2c3ccc(C4CCCCC4)cc3cc(C)[n+]2C)c1.CCc1ccc(C)c(-c2c3ccc(C4CCCCC4)cc3cc(C)[n+]2C)c1.Cc1cc(C)c(C)c(-c2c3ccc(C4CCCCC4)cc3cc(C)[n+]2C)c1.Cc1ccc(C(C)C)cc1-c1c2ccc(C3CCCCC3)cc2cc(C)[n+]1C.Cc1ccc(C)c(-c2c3ccc(C4CCCCC4)cc3cc(C)[n+]2C)c1. The van der Waals surface area contributed by atoms with E-state index in [-0.39, 0.29) is 0 Å². The quantitative estimate of drug-likeness (QED) is 0.0967. The van der Waals surface area contributed by atoms with Crippen LogP contribution in [0.4, 0.5) is 0 Å². The minimum Gasteiger partial charge on any atom is -0.198 e. The molecule has 5 heteroatoms. The summed E-state index contributed by atoms with van der Waals surface area (Å²) in [6, 6.07) is 78.3. The van der Waals surface area contributed by atoms with Crippen LogP contribution in [-0.4, -0.2) is 0 Å². The van der Waals surface area contributed by atoms with E-state index in [1.54, 1.807) is 22.3 Å². The lowest BCUT2D eigenvalue weighted by Crippen LogP contribution is -2.35. The highest BCUT2D eigenvalue weighted by molar-refractivity contribution is 5.99. The Kier molecular flexibility index (Phi) is 32.0. The fraction of sp³-hybridized carbons (Fsp3) is 0.432. The number of hydrogen-bond donors (Lipinski definition) is 0. The molecule has 20 rings (SSSR count). The number of aryl methyl sites for hydroxylation is 14. The van der Waals surface area contributed by atoms with Crippen molar-refractivity contribution in [3.63, 3.8) is 0 Å². The van der Waals surface area contributed by atoms with Crippen molar-refractivity contribution in [2.45, 2.75) is 340 Å². The van der Waals surface area contributed by atoms with E-state index < -0.39 is 0 Å². The van der Waals surface area contributed by atoms with Crippen molar-refractivity contribution in [2.75, 3.05) is 0 Å². The Labute approximate surface area is 825 Å². The lowest BCUT2D eigenvalue weighted by Gasteiger charge is -2.22. The van der Waals surface area contributed by atoms with Crippen LogP contribution in [0.5, 0.6) is 0 Å². The average molecular weight is 1820 g/mol. The number of fused-ring (bicyclic) bond motifs is 5. The summed E-state index contributed by atoms with van der Waals surface area (Å²) in [6.07, 6.45) is 37.7. The van der Waals surface area contributed by atoms with Gasteiger partial charge in [-0.2, -0.15) is 22.8 Å². The Balaban J connectivity index is 0.000000124. The van der Waals surface area contributed by atoms with Crippen LogP contribution in [0.2, 0.25) is 0 Å². The maximum absolute atomic E-state index is 2.49. The first-order valence-electron chi connectivity index (χ1n) is 53.7. The molecule has 0 aliphatic heterocycles. The Bertz CT molecular complexity index is 6910. The average Bonchev–Trinajstić information content (AvgIpc) is 0.783. The molecule has 5 aliphatic carbocycles. The Morgan fingerprint density at radius 2 is 0.511 bits per heavy atom. The van der Waals surface area contributed by atoms with Crippen LogP contribution in [0.25, 0.3) is 110 Å². The fourth-order valence-electron chi connectivity index (χ4n) is 24.4. The minimum absolute atomic E-state index is 0.540. The summed E-state index contributed by atoms with van der Waals surface area (Å²) in [5, 5.41) is 13.8. The number of nitrogens with zero attached hydrogens (tertiary/aromatic N) is 5. The molecule has 0 N–H and O–H groups in total. The summed E-state index contributed by atoms with van der Waals surface area (Å²) in [5.41, 5.74) is 44.6. The largest absolute Gasteiger partial charge is 0.220 e.